The molecule has 0 saturated heterocycles. The fourth-order valence-electron chi connectivity index (χ4n) is 1.43. The first-order valence-electron chi connectivity index (χ1n) is 3.86. The van der Waals surface area contributed by atoms with E-state index in [-0.39, 0.29) is 0 Å². The summed E-state index contributed by atoms with van der Waals surface area (Å²) in [7, 11) is 0. The lowest BCUT2D eigenvalue weighted by Gasteiger charge is -2.07. The second-order valence-electron chi connectivity index (χ2n) is 3.15. The molecule has 0 heterocycles. The minimum absolute atomic E-state index is 0.308. The van der Waals surface area contributed by atoms with Crippen LogP contribution in [0, 0.1) is 22.7 Å². The van der Waals surface area contributed by atoms with Gasteiger partial charge in [-0.3, -0.25) is 0 Å². The molecule has 1 aliphatic rings. The maximum atomic E-state index is 9.64. The van der Waals surface area contributed by atoms with Gasteiger partial charge in [0.25, 0.3) is 0 Å². The van der Waals surface area contributed by atoms with Crippen molar-refractivity contribution in [3.8, 4) is 0 Å². The van der Waals surface area contributed by atoms with Gasteiger partial charge in [0.15, 0.2) is 5.34 Å². The predicted molar refractivity (Wildman–Crippen MR) is 42.7 cm³/mol. The molecule has 3 heteroatoms. The van der Waals surface area contributed by atoms with Gasteiger partial charge in [-0.1, -0.05) is 13.0 Å². The number of hydrogen-bond acceptors (Lipinski definition) is 3. The second kappa shape index (κ2) is 3.51. The van der Waals surface area contributed by atoms with Crippen molar-refractivity contribution in [2.75, 3.05) is 6.61 Å². The van der Waals surface area contributed by atoms with E-state index in [9.17, 15) is 4.91 Å². The van der Waals surface area contributed by atoms with Crippen LogP contribution in [-0.4, -0.2) is 6.61 Å². The summed E-state index contributed by atoms with van der Waals surface area (Å²) >= 11 is 0. The van der Waals surface area contributed by atoms with Crippen molar-refractivity contribution in [2.45, 2.75) is 13.3 Å². The van der Waals surface area contributed by atoms with Crippen molar-refractivity contribution in [1.29, 1.82) is 0 Å². The van der Waals surface area contributed by atoms with Gasteiger partial charge in [-0.2, -0.15) is 0 Å². The molecule has 11 heavy (non-hydrogen) atoms. The Morgan fingerprint density at radius 3 is 2.91 bits per heavy atom. The first kappa shape index (κ1) is 8.24. The standard InChI is InChI=1S/C8H13NO2/c1-3-7(5-11-9-10)8-4-6(8)2/h3,6-8H,1,4-5H2,2H3. The minimum Gasteiger partial charge on any atom is -0.363 e. The molecular formula is C8H13NO2. The molecule has 3 nitrogen and oxygen atoms in total. The molecule has 3 atom stereocenters. The molecule has 0 radical (unpaired) electrons. The first-order valence-corrected chi connectivity index (χ1v) is 3.86. The Morgan fingerprint density at radius 1 is 1.91 bits per heavy atom. The lowest BCUT2D eigenvalue weighted by Crippen LogP contribution is -2.07. The van der Waals surface area contributed by atoms with Crippen molar-refractivity contribution < 1.29 is 4.84 Å². The molecule has 0 N–H and O–H groups in total. The fourth-order valence-corrected chi connectivity index (χ4v) is 1.43. The van der Waals surface area contributed by atoms with Gasteiger partial charge in [0.1, 0.15) is 6.61 Å². The van der Waals surface area contributed by atoms with E-state index in [4.69, 9.17) is 0 Å². The molecule has 0 aromatic rings. The van der Waals surface area contributed by atoms with Crippen LogP contribution in [-0.2, 0) is 4.84 Å². The van der Waals surface area contributed by atoms with Gasteiger partial charge < -0.3 is 4.84 Å². The third kappa shape index (κ3) is 2.03. The van der Waals surface area contributed by atoms with Crippen molar-refractivity contribution >= 4 is 0 Å². The average molecular weight is 155 g/mol. The largest absolute Gasteiger partial charge is 0.363 e. The van der Waals surface area contributed by atoms with Crippen LogP contribution in [0.5, 0.6) is 0 Å². The number of rotatable bonds is 5. The molecule has 0 aromatic heterocycles. The minimum atomic E-state index is 0.308. The maximum absolute atomic E-state index is 9.64. The highest BCUT2D eigenvalue weighted by molar-refractivity contribution is 4.95. The third-order valence-corrected chi connectivity index (χ3v) is 2.34. The molecule has 62 valence electrons. The quantitative estimate of drug-likeness (QED) is 0.346. The monoisotopic (exact) mass is 155 g/mol. The predicted octanol–water partition coefficient (Wildman–Crippen LogP) is 2.14. The Balaban J connectivity index is 2.25. The van der Waals surface area contributed by atoms with E-state index in [0.717, 1.165) is 5.92 Å². The summed E-state index contributed by atoms with van der Waals surface area (Å²) in [5, 5.41) is 2.36. The van der Waals surface area contributed by atoms with Crippen molar-refractivity contribution in [3.63, 3.8) is 0 Å². The number of hydrogen-bond donors (Lipinski definition) is 0. The maximum Gasteiger partial charge on any atom is 0.155 e. The van der Waals surface area contributed by atoms with Crippen molar-refractivity contribution in [2.24, 2.45) is 23.1 Å². The normalized spacial score (nSPS) is 30.6. The Hall–Kier alpha value is -0.860. The zero-order chi connectivity index (χ0) is 8.27. The Bertz CT molecular complexity index is 158. The van der Waals surface area contributed by atoms with E-state index in [2.05, 4.69) is 23.7 Å². The molecule has 0 amide bonds. The molecular weight excluding hydrogens is 142 g/mol. The molecule has 1 fully saturated rings. The van der Waals surface area contributed by atoms with E-state index < -0.39 is 0 Å². The Morgan fingerprint density at radius 2 is 2.55 bits per heavy atom. The smallest absolute Gasteiger partial charge is 0.155 e. The van der Waals surface area contributed by atoms with E-state index >= 15 is 0 Å². The van der Waals surface area contributed by atoms with Gasteiger partial charge in [-0.15, -0.1) is 11.5 Å². The van der Waals surface area contributed by atoms with Crippen LogP contribution in [0.1, 0.15) is 13.3 Å². The average Bonchev–Trinajstić information content (AvgIpc) is 2.69. The Labute approximate surface area is 66.4 Å². The van der Waals surface area contributed by atoms with Crippen LogP contribution in [0.2, 0.25) is 0 Å². The van der Waals surface area contributed by atoms with Gasteiger partial charge in [0.2, 0.25) is 0 Å². The molecule has 0 bridgehead atoms. The molecule has 0 aliphatic heterocycles. The topological polar surface area (TPSA) is 38.7 Å². The summed E-state index contributed by atoms with van der Waals surface area (Å²) in [6.07, 6.45) is 3.07. The summed E-state index contributed by atoms with van der Waals surface area (Å²) in [5.74, 6) is 1.73. The summed E-state index contributed by atoms with van der Waals surface area (Å²) < 4.78 is 0. The lowest BCUT2D eigenvalue weighted by atomic mass is 10.0. The molecule has 1 rings (SSSR count). The van der Waals surface area contributed by atoms with Gasteiger partial charge in [-0.05, 0) is 18.3 Å². The highest BCUT2D eigenvalue weighted by atomic mass is 16.7. The van der Waals surface area contributed by atoms with Crippen LogP contribution < -0.4 is 0 Å². The summed E-state index contributed by atoms with van der Waals surface area (Å²) in [4.78, 5) is 14.1. The van der Waals surface area contributed by atoms with Crippen LogP contribution in [0.25, 0.3) is 0 Å². The second-order valence-corrected chi connectivity index (χ2v) is 3.15. The summed E-state index contributed by atoms with van der Waals surface area (Å²) in [5.41, 5.74) is 0. The number of nitrogens with zero attached hydrogens (tertiary/aromatic N) is 1. The van der Waals surface area contributed by atoms with Crippen LogP contribution in [0.15, 0.2) is 18.0 Å². The van der Waals surface area contributed by atoms with Gasteiger partial charge >= 0.3 is 0 Å². The highest BCUT2D eigenvalue weighted by Gasteiger charge is 2.38. The SMILES string of the molecule is C=CC(CON=O)C1CC1C. The van der Waals surface area contributed by atoms with Gasteiger partial charge in [-0.25, -0.2) is 0 Å². The van der Waals surface area contributed by atoms with E-state index in [1.165, 1.54) is 6.42 Å². The van der Waals surface area contributed by atoms with Crippen LogP contribution in [0.3, 0.4) is 0 Å². The molecule has 1 saturated carbocycles. The fraction of sp³-hybridized carbons (Fsp3) is 0.750. The summed E-state index contributed by atoms with van der Waals surface area (Å²) in [6.45, 7) is 6.27. The summed E-state index contributed by atoms with van der Waals surface area (Å²) in [6, 6.07) is 0. The van der Waals surface area contributed by atoms with E-state index in [1.54, 1.807) is 0 Å². The highest BCUT2D eigenvalue weighted by Crippen LogP contribution is 2.44. The molecule has 0 aromatic carbocycles. The van der Waals surface area contributed by atoms with Gasteiger partial charge in [0.05, 0.1) is 0 Å². The van der Waals surface area contributed by atoms with Crippen molar-refractivity contribution in [3.05, 3.63) is 17.6 Å². The molecule has 3 unspecified atom stereocenters. The van der Waals surface area contributed by atoms with Crippen LogP contribution in [0.4, 0.5) is 0 Å². The first-order chi connectivity index (χ1) is 5.29. The van der Waals surface area contributed by atoms with Gasteiger partial charge in [0, 0.05) is 5.92 Å². The lowest BCUT2D eigenvalue weighted by molar-refractivity contribution is 0.109. The zero-order valence-corrected chi connectivity index (χ0v) is 6.69. The zero-order valence-electron chi connectivity index (χ0n) is 6.69. The van der Waals surface area contributed by atoms with Crippen molar-refractivity contribution in [1.82, 2.24) is 0 Å². The van der Waals surface area contributed by atoms with E-state index in [0.29, 0.717) is 18.4 Å². The molecule has 0 spiro atoms. The van der Waals surface area contributed by atoms with E-state index in [1.807, 2.05) is 6.08 Å². The Kier molecular flexibility index (Phi) is 2.63. The molecule has 1 aliphatic carbocycles. The van der Waals surface area contributed by atoms with Crippen LogP contribution >= 0.6 is 0 Å². The third-order valence-electron chi connectivity index (χ3n) is 2.34.